The first-order chi connectivity index (χ1) is 12.0. The number of benzene rings is 1. The molecular weight excluding hydrogens is 345 g/mol. The van der Waals surface area contributed by atoms with Gasteiger partial charge in [0.05, 0.1) is 12.7 Å². The van der Waals surface area contributed by atoms with Crippen molar-refractivity contribution >= 4 is 11.7 Å². The van der Waals surface area contributed by atoms with Crippen molar-refractivity contribution in [1.29, 1.82) is 0 Å². The third kappa shape index (κ3) is 4.15. The summed E-state index contributed by atoms with van der Waals surface area (Å²) in [5.41, 5.74) is -0.420. The van der Waals surface area contributed by atoms with Crippen LogP contribution in [0.2, 0.25) is 0 Å². The molecule has 0 aliphatic heterocycles. The maximum atomic E-state index is 14.4. The zero-order chi connectivity index (χ0) is 19.6. The second-order valence-electron chi connectivity index (χ2n) is 7.16. The van der Waals surface area contributed by atoms with Gasteiger partial charge in [-0.05, 0) is 30.5 Å². The van der Waals surface area contributed by atoms with Gasteiger partial charge in [-0.1, -0.05) is 26.8 Å². The van der Waals surface area contributed by atoms with Gasteiger partial charge >= 0.3 is 0 Å². The molecular formula is C19H21F3N2O2. The molecule has 1 heterocycles. The van der Waals surface area contributed by atoms with Crippen LogP contribution in [-0.2, 0) is 0 Å². The van der Waals surface area contributed by atoms with Crippen LogP contribution in [0.5, 0.6) is 5.75 Å². The smallest absolute Gasteiger partial charge is 0.262 e. The number of amides is 1. The van der Waals surface area contributed by atoms with Gasteiger partial charge in [-0.25, -0.2) is 13.8 Å². The fourth-order valence-electron chi connectivity index (χ4n) is 2.48. The molecule has 0 radical (unpaired) electrons. The monoisotopic (exact) mass is 366 g/mol. The standard InChI is InChI=1S/C19H21F3N2O2/c1-11-7-6-8-14(23-11)24(10-19(2,3)4)18(25)12-9-13(20)17(26-5)16(22)15(12)21/h6-9H,10H2,1-5H3. The number of aryl methyl sites for hydroxylation is 1. The number of rotatable bonds is 4. The van der Waals surface area contributed by atoms with Crippen LogP contribution < -0.4 is 9.64 Å². The van der Waals surface area contributed by atoms with Gasteiger partial charge in [-0.2, -0.15) is 4.39 Å². The average Bonchev–Trinajstić information content (AvgIpc) is 2.55. The van der Waals surface area contributed by atoms with Gasteiger partial charge in [0.25, 0.3) is 5.91 Å². The molecule has 4 nitrogen and oxygen atoms in total. The number of methoxy groups -OCH3 is 1. The predicted molar refractivity (Wildman–Crippen MR) is 93.0 cm³/mol. The van der Waals surface area contributed by atoms with Crippen LogP contribution in [0, 0.1) is 29.8 Å². The van der Waals surface area contributed by atoms with Gasteiger partial charge in [-0.15, -0.1) is 0 Å². The molecule has 1 amide bonds. The van der Waals surface area contributed by atoms with Gasteiger partial charge in [0.15, 0.2) is 17.4 Å². The molecule has 0 N–H and O–H groups in total. The van der Waals surface area contributed by atoms with Crippen molar-refractivity contribution in [2.24, 2.45) is 5.41 Å². The van der Waals surface area contributed by atoms with Crippen molar-refractivity contribution in [2.75, 3.05) is 18.6 Å². The first-order valence-corrected chi connectivity index (χ1v) is 8.02. The molecule has 7 heteroatoms. The van der Waals surface area contributed by atoms with E-state index in [2.05, 4.69) is 9.72 Å². The molecule has 0 saturated heterocycles. The molecule has 26 heavy (non-hydrogen) atoms. The summed E-state index contributed by atoms with van der Waals surface area (Å²) in [6, 6.07) is 5.68. The number of hydrogen-bond acceptors (Lipinski definition) is 3. The number of nitrogens with zero attached hydrogens (tertiary/aromatic N) is 2. The second-order valence-corrected chi connectivity index (χ2v) is 7.16. The Morgan fingerprint density at radius 1 is 1.19 bits per heavy atom. The number of pyridine rings is 1. The largest absolute Gasteiger partial charge is 0.491 e. The van der Waals surface area contributed by atoms with E-state index in [1.54, 1.807) is 25.1 Å². The van der Waals surface area contributed by atoms with Gasteiger partial charge in [0.1, 0.15) is 5.82 Å². The minimum Gasteiger partial charge on any atom is -0.491 e. The highest BCUT2D eigenvalue weighted by molar-refractivity contribution is 6.06. The zero-order valence-corrected chi connectivity index (χ0v) is 15.4. The van der Waals surface area contributed by atoms with Crippen molar-refractivity contribution in [1.82, 2.24) is 4.98 Å². The zero-order valence-electron chi connectivity index (χ0n) is 15.4. The van der Waals surface area contributed by atoms with Gasteiger partial charge < -0.3 is 4.74 Å². The molecule has 0 bridgehead atoms. The minimum absolute atomic E-state index is 0.178. The van der Waals surface area contributed by atoms with E-state index >= 15 is 0 Å². The van der Waals surface area contributed by atoms with Crippen molar-refractivity contribution in [3.05, 3.63) is 53.0 Å². The third-order valence-electron chi connectivity index (χ3n) is 3.58. The molecule has 0 aliphatic carbocycles. The molecule has 0 aliphatic rings. The first kappa shape index (κ1) is 19.8. The van der Waals surface area contributed by atoms with Gasteiger partial charge in [0.2, 0.25) is 5.82 Å². The number of hydrogen-bond donors (Lipinski definition) is 0. The Morgan fingerprint density at radius 2 is 1.85 bits per heavy atom. The number of anilines is 1. The van der Waals surface area contributed by atoms with Crippen LogP contribution in [-0.4, -0.2) is 24.5 Å². The summed E-state index contributed by atoms with van der Waals surface area (Å²) < 4.78 is 46.9. The normalized spacial score (nSPS) is 11.4. The summed E-state index contributed by atoms with van der Waals surface area (Å²) in [6.45, 7) is 7.57. The molecule has 2 rings (SSSR count). The minimum atomic E-state index is -1.54. The molecule has 0 fully saturated rings. The summed E-state index contributed by atoms with van der Waals surface area (Å²) >= 11 is 0. The molecule has 0 spiro atoms. The number of ether oxygens (including phenoxy) is 1. The Labute approximate surface area is 150 Å². The molecule has 0 saturated carbocycles. The maximum absolute atomic E-state index is 14.4. The molecule has 1 aromatic carbocycles. The van der Waals surface area contributed by atoms with Crippen LogP contribution in [0.1, 0.15) is 36.8 Å². The van der Waals surface area contributed by atoms with Crippen molar-refractivity contribution in [2.45, 2.75) is 27.7 Å². The average molecular weight is 366 g/mol. The summed E-state index contributed by atoms with van der Waals surface area (Å²) in [6.07, 6.45) is 0. The summed E-state index contributed by atoms with van der Waals surface area (Å²) in [7, 11) is 1.02. The SMILES string of the molecule is COc1c(F)cc(C(=O)N(CC(C)(C)C)c2cccc(C)n2)c(F)c1F. The quantitative estimate of drug-likeness (QED) is 0.748. The van der Waals surface area contributed by atoms with Crippen LogP contribution in [0.4, 0.5) is 19.0 Å². The van der Waals surface area contributed by atoms with Crippen molar-refractivity contribution in [3.8, 4) is 5.75 Å². The number of halogens is 3. The Hall–Kier alpha value is -2.57. The molecule has 140 valence electrons. The van der Waals surface area contributed by atoms with E-state index in [1.165, 1.54) is 4.90 Å². The third-order valence-corrected chi connectivity index (χ3v) is 3.58. The van der Waals surface area contributed by atoms with Crippen LogP contribution in [0.25, 0.3) is 0 Å². The lowest BCUT2D eigenvalue weighted by Gasteiger charge is -2.29. The molecule has 2 aromatic rings. The predicted octanol–water partition coefficient (Wildman–Crippen LogP) is 4.51. The Balaban J connectivity index is 2.57. The Morgan fingerprint density at radius 3 is 2.38 bits per heavy atom. The lowest BCUT2D eigenvalue weighted by atomic mass is 9.95. The fourth-order valence-corrected chi connectivity index (χ4v) is 2.48. The summed E-state index contributed by atoms with van der Waals surface area (Å²) in [5, 5.41) is 0. The summed E-state index contributed by atoms with van der Waals surface area (Å²) in [5.74, 6) is -5.61. The van der Waals surface area contributed by atoms with E-state index in [-0.39, 0.29) is 17.8 Å². The van der Waals surface area contributed by atoms with Crippen LogP contribution in [0.3, 0.4) is 0 Å². The van der Waals surface area contributed by atoms with E-state index < -0.39 is 34.7 Å². The topological polar surface area (TPSA) is 42.4 Å². The van der Waals surface area contributed by atoms with E-state index in [1.807, 2.05) is 20.8 Å². The van der Waals surface area contributed by atoms with Gasteiger partial charge in [0, 0.05) is 12.2 Å². The molecule has 0 atom stereocenters. The molecule has 0 unspecified atom stereocenters. The summed E-state index contributed by atoms with van der Waals surface area (Å²) in [4.78, 5) is 18.4. The second kappa shape index (κ2) is 7.35. The van der Waals surface area contributed by atoms with Gasteiger partial charge in [-0.3, -0.25) is 9.69 Å². The lowest BCUT2D eigenvalue weighted by molar-refractivity contribution is 0.0971. The number of carbonyl (C=O) groups excluding carboxylic acids is 1. The van der Waals surface area contributed by atoms with E-state index in [0.29, 0.717) is 11.8 Å². The van der Waals surface area contributed by atoms with E-state index in [0.717, 1.165) is 7.11 Å². The van der Waals surface area contributed by atoms with E-state index in [9.17, 15) is 18.0 Å². The van der Waals surface area contributed by atoms with Crippen LogP contribution >= 0.6 is 0 Å². The highest BCUT2D eigenvalue weighted by Gasteiger charge is 2.30. The van der Waals surface area contributed by atoms with Crippen molar-refractivity contribution in [3.63, 3.8) is 0 Å². The van der Waals surface area contributed by atoms with Crippen molar-refractivity contribution < 1.29 is 22.7 Å². The molecule has 1 aromatic heterocycles. The van der Waals surface area contributed by atoms with Crippen LogP contribution in [0.15, 0.2) is 24.3 Å². The maximum Gasteiger partial charge on any atom is 0.262 e. The first-order valence-electron chi connectivity index (χ1n) is 8.02. The number of aromatic nitrogens is 1. The highest BCUT2D eigenvalue weighted by atomic mass is 19.2. The number of carbonyl (C=O) groups is 1. The van der Waals surface area contributed by atoms with E-state index in [4.69, 9.17) is 0 Å². The Kier molecular flexibility index (Phi) is 5.59. The Bertz CT molecular complexity index is 832. The lowest BCUT2D eigenvalue weighted by Crippen LogP contribution is -2.39. The fraction of sp³-hybridized carbons (Fsp3) is 0.368. The highest BCUT2D eigenvalue weighted by Crippen LogP contribution is 2.29.